The molecule has 0 aliphatic carbocycles. The molecule has 0 bridgehead atoms. The number of likely N-dealkylation sites (tertiary alicyclic amines) is 2. The average molecular weight is 300 g/mol. The Hall–Kier alpha value is -0.900. The SMILES string of the molecule is c1ccc(CN2CCC[C@H]3[C@H]2COC[C@@H]3N2CCCC2)cc1. The molecule has 3 nitrogen and oxygen atoms in total. The van der Waals surface area contributed by atoms with Gasteiger partial charge < -0.3 is 4.74 Å². The van der Waals surface area contributed by atoms with Crippen molar-refractivity contribution in [3.8, 4) is 0 Å². The summed E-state index contributed by atoms with van der Waals surface area (Å²) in [5.41, 5.74) is 1.44. The first-order valence-corrected chi connectivity index (χ1v) is 9.01. The first-order valence-electron chi connectivity index (χ1n) is 9.01. The lowest BCUT2D eigenvalue weighted by molar-refractivity contribution is -0.0895. The quantitative estimate of drug-likeness (QED) is 0.854. The molecule has 1 aromatic rings. The fraction of sp³-hybridized carbons (Fsp3) is 0.684. The van der Waals surface area contributed by atoms with Gasteiger partial charge in [-0.1, -0.05) is 30.3 Å². The van der Waals surface area contributed by atoms with E-state index in [9.17, 15) is 0 Å². The second-order valence-electron chi connectivity index (χ2n) is 7.18. The molecule has 3 aliphatic rings. The Morgan fingerprint density at radius 2 is 1.68 bits per heavy atom. The largest absolute Gasteiger partial charge is 0.378 e. The van der Waals surface area contributed by atoms with E-state index in [4.69, 9.17) is 4.74 Å². The Labute approximate surface area is 134 Å². The lowest BCUT2D eigenvalue weighted by Crippen LogP contribution is -2.59. The third kappa shape index (κ3) is 2.94. The van der Waals surface area contributed by atoms with Gasteiger partial charge in [0.15, 0.2) is 0 Å². The van der Waals surface area contributed by atoms with Crippen LogP contribution in [0, 0.1) is 5.92 Å². The summed E-state index contributed by atoms with van der Waals surface area (Å²) < 4.78 is 6.05. The maximum absolute atomic E-state index is 6.05. The van der Waals surface area contributed by atoms with Crippen LogP contribution in [0.4, 0.5) is 0 Å². The second kappa shape index (κ2) is 6.69. The molecule has 0 spiro atoms. The number of hydrogen-bond donors (Lipinski definition) is 0. The van der Waals surface area contributed by atoms with Crippen molar-refractivity contribution in [2.75, 3.05) is 32.8 Å². The van der Waals surface area contributed by atoms with Crippen LogP contribution in [0.1, 0.15) is 31.2 Å². The highest BCUT2D eigenvalue weighted by molar-refractivity contribution is 5.15. The molecule has 3 heteroatoms. The first-order chi connectivity index (χ1) is 10.9. The molecule has 3 aliphatic heterocycles. The number of ether oxygens (including phenoxy) is 1. The Morgan fingerprint density at radius 3 is 2.50 bits per heavy atom. The van der Waals surface area contributed by atoms with Crippen molar-refractivity contribution in [1.29, 1.82) is 0 Å². The summed E-state index contributed by atoms with van der Waals surface area (Å²) in [6.07, 6.45) is 5.49. The van der Waals surface area contributed by atoms with Crippen LogP contribution in [-0.2, 0) is 11.3 Å². The van der Waals surface area contributed by atoms with Gasteiger partial charge in [-0.15, -0.1) is 0 Å². The number of hydrogen-bond acceptors (Lipinski definition) is 3. The lowest BCUT2D eigenvalue weighted by atomic mass is 9.81. The molecule has 22 heavy (non-hydrogen) atoms. The molecule has 0 amide bonds. The third-order valence-corrected chi connectivity index (χ3v) is 5.86. The van der Waals surface area contributed by atoms with Crippen molar-refractivity contribution in [3.05, 3.63) is 35.9 Å². The molecule has 1 aromatic carbocycles. The predicted octanol–water partition coefficient (Wildman–Crippen LogP) is 2.76. The Balaban J connectivity index is 1.48. The van der Waals surface area contributed by atoms with Gasteiger partial charge in [-0.3, -0.25) is 9.80 Å². The zero-order valence-electron chi connectivity index (χ0n) is 13.5. The summed E-state index contributed by atoms with van der Waals surface area (Å²) in [5, 5.41) is 0. The van der Waals surface area contributed by atoms with Crippen molar-refractivity contribution < 1.29 is 4.74 Å². The van der Waals surface area contributed by atoms with E-state index in [2.05, 4.69) is 40.1 Å². The van der Waals surface area contributed by atoms with Crippen LogP contribution < -0.4 is 0 Å². The molecule has 0 N–H and O–H groups in total. The number of piperidine rings is 1. The summed E-state index contributed by atoms with van der Waals surface area (Å²) in [5.74, 6) is 0.810. The highest BCUT2D eigenvalue weighted by Gasteiger charge is 2.42. The zero-order valence-corrected chi connectivity index (χ0v) is 13.5. The van der Waals surface area contributed by atoms with Crippen molar-refractivity contribution in [1.82, 2.24) is 9.80 Å². The van der Waals surface area contributed by atoms with Gasteiger partial charge in [0.2, 0.25) is 0 Å². The van der Waals surface area contributed by atoms with Crippen LogP contribution in [-0.4, -0.2) is 54.7 Å². The summed E-state index contributed by atoms with van der Waals surface area (Å²) in [4.78, 5) is 5.40. The van der Waals surface area contributed by atoms with Crippen LogP contribution in [0.5, 0.6) is 0 Å². The van der Waals surface area contributed by atoms with Crippen LogP contribution in [0.3, 0.4) is 0 Å². The van der Waals surface area contributed by atoms with E-state index in [1.54, 1.807) is 0 Å². The standard InChI is InChI=1S/C19H28N2O/c1-2-7-16(8-3-1)13-21-12-6-9-17-18(14-22-15-19(17)21)20-10-4-5-11-20/h1-3,7-8,17-19H,4-6,9-15H2/t17-,18+,19-/m1/s1. The summed E-state index contributed by atoms with van der Waals surface area (Å²) in [7, 11) is 0. The maximum atomic E-state index is 6.05. The molecular weight excluding hydrogens is 272 g/mol. The Kier molecular flexibility index (Phi) is 4.47. The van der Waals surface area contributed by atoms with E-state index in [0.717, 1.165) is 25.7 Å². The van der Waals surface area contributed by atoms with Gasteiger partial charge in [0.25, 0.3) is 0 Å². The molecule has 3 fully saturated rings. The third-order valence-electron chi connectivity index (χ3n) is 5.86. The van der Waals surface area contributed by atoms with Crippen molar-refractivity contribution in [2.45, 2.75) is 44.3 Å². The van der Waals surface area contributed by atoms with E-state index < -0.39 is 0 Å². The minimum Gasteiger partial charge on any atom is -0.378 e. The number of nitrogens with zero attached hydrogens (tertiary/aromatic N) is 2. The molecule has 0 aromatic heterocycles. The van der Waals surface area contributed by atoms with Gasteiger partial charge in [0, 0.05) is 18.6 Å². The van der Waals surface area contributed by atoms with E-state index in [-0.39, 0.29) is 0 Å². The molecule has 3 saturated heterocycles. The zero-order chi connectivity index (χ0) is 14.8. The average Bonchev–Trinajstić information content (AvgIpc) is 3.10. The maximum Gasteiger partial charge on any atom is 0.0626 e. The Morgan fingerprint density at radius 1 is 0.909 bits per heavy atom. The predicted molar refractivity (Wildman–Crippen MR) is 88.8 cm³/mol. The van der Waals surface area contributed by atoms with Gasteiger partial charge >= 0.3 is 0 Å². The van der Waals surface area contributed by atoms with E-state index in [1.165, 1.54) is 50.9 Å². The molecule has 0 saturated carbocycles. The highest BCUT2D eigenvalue weighted by Crippen LogP contribution is 2.34. The molecule has 3 heterocycles. The van der Waals surface area contributed by atoms with Crippen LogP contribution in [0.25, 0.3) is 0 Å². The van der Waals surface area contributed by atoms with Gasteiger partial charge in [-0.05, 0) is 56.8 Å². The minimum absolute atomic E-state index is 0.619. The van der Waals surface area contributed by atoms with Gasteiger partial charge in [0.1, 0.15) is 0 Å². The first kappa shape index (κ1) is 14.7. The molecule has 4 rings (SSSR count). The monoisotopic (exact) mass is 300 g/mol. The topological polar surface area (TPSA) is 15.7 Å². The number of benzene rings is 1. The summed E-state index contributed by atoms with van der Waals surface area (Å²) >= 11 is 0. The van der Waals surface area contributed by atoms with Crippen LogP contribution in [0.15, 0.2) is 30.3 Å². The lowest BCUT2D eigenvalue weighted by Gasteiger charge is -2.49. The van der Waals surface area contributed by atoms with Gasteiger partial charge in [-0.2, -0.15) is 0 Å². The number of rotatable bonds is 3. The van der Waals surface area contributed by atoms with Crippen molar-refractivity contribution in [2.24, 2.45) is 5.92 Å². The number of fused-ring (bicyclic) bond motifs is 1. The highest BCUT2D eigenvalue weighted by atomic mass is 16.5. The van der Waals surface area contributed by atoms with E-state index in [0.29, 0.717) is 12.1 Å². The minimum atomic E-state index is 0.619. The smallest absolute Gasteiger partial charge is 0.0626 e. The van der Waals surface area contributed by atoms with Crippen LogP contribution >= 0.6 is 0 Å². The molecule has 3 atom stereocenters. The van der Waals surface area contributed by atoms with Crippen molar-refractivity contribution in [3.63, 3.8) is 0 Å². The molecule has 0 unspecified atom stereocenters. The van der Waals surface area contributed by atoms with E-state index in [1.807, 2.05) is 0 Å². The molecule has 0 radical (unpaired) electrons. The van der Waals surface area contributed by atoms with Gasteiger partial charge in [-0.25, -0.2) is 0 Å². The second-order valence-corrected chi connectivity index (χ2v) is 7.18. The van der Waals surface area contributed by atoms with Crippen molar-refractivity contribution >= 4 is 0 Å². The normalized spacial score (nSPS) is 33.7. The fourth-order valence-electron chi connectivity index (χ4n) is 4.73. The van der Waals surface area contributed by atoms with E-state index >= 15 is 0 Å². The molecule has 120 valence electrons. The summed E-state index contributed by atoms with van der Waals surface area (Å²) in [6, 6.07) is 12.2. The Bertz CT molecular complexity index is 472. The summed E-state index contributed by atoms with van der Waals surface area (Å²) in [6.45, 7) is 6.78. The van der Waals surface area contributed by atoms with Crippen LogP contribution in [0.2, 0.25) is 0 Å². The molecular formula is C19H28N2O. The fourth-order valence-corrected chi connectivity index (χ4v) is 4.73. The van der Waals surface area contributed by atoms with Gasteiger partial charge in [0.05, 0.1) is 13.2 Å².